The lowest BCUT2D eigenvalue weighted by Gasteiger charge is -2.03. The highest BCUT2D eigenvalue weighted by Crippen LogP contribution is 2.06. The number of likely N-dealkylation sites (N-methyl/N-ethyl adjacent to an activating group) is 1. The molecule has 12 heavy (non-hydrogen) atoms. The highest BCUT2D eigenvalue weighted by molar-refractivity contribution is 4.91. The maximum atomic E-state index is 3.75. The molecule has 0 rings (SSSR count). The third-order valence-electron chi connectivity index (χ3n) is 2.07. The SMILES string of the molecule is C=CC(C)CC/C=C/C(C)NC. The van der Waals surface area contributed by atoms with E-state index in [9.17, 15) is 0 Å². The van der Waals surface area contributed by atoms with Crippen LogP contribution in [0.2, 0.25) is 0 Å². The van der Waals surface area contributed by atoms with Crippen LogP contribution in [-0.2, 0) is 0 Å². The van der Waals surface area contributed by atoms with Crippen molar-refractivity contribution >= 4 is 0 Å². The van der Waals surface area contributed by atoms with Crippen molar-refractivity contribution in [3.63, 3.8) is 0 Å². The summed E-state index contributed by atoms with van der Waals surface area (Å²) in [6.45, 7) is 8.10. The van der Waals surface area contributed by atoms with Crippen LogP contribution in [-0.4, -0.2) is 13.1 Å². The monoisotopic (exact) mass is 167 g/mol. The average molecular weight is 167 g/mol. The lowest BCUT2D eigenvalue weighted by Crippen LogP contribution is -2.17. The van der Waals surface area contributed by atoms with Gasteiger partial charge in [0.2, 0.25) is 0 Å². The third kappa shape index (κ3) is 6.17. The van der Waals surface area contributed by atoms with Crippen molar-refractivity contribution in [1.82, 2.24) is 5.32 Å². The van der Waals surface area contributed by atoms with Gasteiger partial charge in [-0.1, -0.05) is 25.2 Å². The average Bonchev–Trinajstić information content (AvgIpc) is 2.11. The second-order valence-electron chi connectivity index (χ2n) is 3.30. The molecule has 70 valence electrons. The maximum Gasteiger partial charge on any atom is 0.0218 e. The first-order valence-electron chi connectivity index (χ1n) is 4.67. The molecule has 0 amide bonds. The molecule has 0 aromatic rings. The summed E-state index contributed by atoms with van der Waals surface area (Å²) in [7, 11) is 1.97. The zero-order valence-electron chi connectivity index (χ0n) is 8.51. The lowest BCUT2D eigenvalue weighted by molar-refractivity contribution is 0.654. The van der Waals surface area contributed by atoms with Crippen LogP contribution < -0.4 is 5.32 Å². The fourth-order valence-corrected chi connectivity index (χ4v) is 0.874. The molecule has 0 saturated heterocycles. The predicted molar refractivity (Wildman–Crippen MR) is 56.3 cm³/mol. The molecule has 1 heteroatoms. The molecule has 0 spiro atoms. The van der Waals surface area contributed by atoms with Crippen LogP contribution in [0.15, 0.2) is 24.8 Å². The van der Waals surface area contributed by atoms with E-state index >= 15 is 0 Å². The summed E-state index contributed by atoms with van der Waals surface area (Å²) in [6.07, 6.45) is 8.81. The Bertz CT molecular complexity index is 138. The molecule has 0 saturated carbocycles. The Morgan fingerprint density at radius 2 is 2.08 bits per heavy atom. The molecule has 0 aliphatic rings. The van der Waals surface area contributed by atoms with Crippen LogP contribution in [0.5, 0.6) is 0 Å². The van der Waals surface area contributed by atoms with Gasteiger partial charge in [0.1, 0.15) is 0 Å². The fraction of sp³-hybridized carbons (Fsp3) is 0.636. The molecule has 0 bridgehead atoms. The molecule has 1 N–H and O–H groups in total. The van der Waals surface area contributed by atoms with Gasteiger partial charge in [-0.25, -0.2) is 0 Å². The number of hydrogen-bond acceptors (Lipinski definition) is 1. The van der Waals surface area contributed by atoms with E-state index in [4.69, 9.17) is 0 Å². The Hall–Kier alpha value is -0.560. The number of allylic oxidation sites excluding steroid dienone is 2. The molecular formula is C11H21N. The summed E-state index contributed by atoms with van der Waals surface area (Å²) < 4.78 is 0. The predicted octanol–water partition coefficient (Wildman–Crippen LogP) is 2.75. The number of nitrogens with one attached hydrogen (secondary N) is 1. The molecule has 0 aromatic heterocycles. The van der Waals surface area contributed by atoms with Gasteiger partial charge in [0, 0.05) is 6.04 Å². The summed E-state index contributed by atoms with van der Waals surface area (Å²) in [5, 5.41) is 3.16. The normalized spacial score (nSPS) is 16.2. The van der Waals surface area contributed by atoms with Gasteiger partial charge in [-0.05, 0) is 32.7 Å². The maximum absolute atomic E-state index is 3.75. The molecule has 0 radical (unpaired) electrons. The summed E-state index contributed by atoms with van der Waals surface area (Å²) in [6, 6.07) is 0.490. The van der Waals surface area contributed by atoms with Crippen molar-refractivity contribution in [3.05, 3.63) is 24.8 Å². The minimum Gasteiger partial charge on any atom is -0.314 e. The van der Waals surface area contributed by atoms with E-state index in [1.54, 1.807) is 0 Å². The lowest BCUT2D eigenvalue weighted by atomic mass is 10.1. The van der Waals surface area contributed by atoms with Crippen molar-refractivity contribution in [1.29, 1.82) is 0 Å². The van der Waals surface area contributed by atoms with Crippen LogP contribution in [0.4, 0.5) is 0 Å². The van der Waals surface area contributed by atoms with E-state index in [0.29, 0.717) is 12.0 Å². The Morgan fingerprint density at radius 3 is 2.58 bits per heavy atom. The molecule has 0 aliphatic heterocycles. The highest BCUT2D eigenvalue weighted by Gasteiger charge is 1.93. The third-order valence-corrected chi connectivity index (χ3v) is 2.07. The number of hydrogen-bond donors (Lipinski definition) is 1. The zero-order valence-corrected chi connectivity index (χ0v) is 8.51. The first-order chi connectivity index (χ1) is 5.70. The van der Waals surface area contributed by atoms with E-state index in [-0.39, 0.29) is 0 Å². The molecule has 2 unspecified atom stereocenters. The van der Waals surface area contributed by atoms with Crippen molar-refractivity contribution in [2.45, 2.75) is 32.7 Å². The molecule has 0 aromatic carbocycles. The summed E-state index contributed by atoms with van der Waals surface area (Å²) in [5.41, 5.74) is 0. The van der Waals surface area contributed by atoms with E-state index in [1.807, 2.05) is 13.1 Å². The Balaban J connectivity index is 3.41. The second kappa shape index (κ2) is 7.11. The van der Waals surface area contributed by atoms with Crippen LogP contribution >= 0.6 is 0 Å². The quantitative estimate of drug-likeness (QED) is 0.600. The van der Waals surface area contributed by atoms with E-state index < -0.39 is 0 Å². The van der Waals surface area contributed by atoms with Gasteiger partial charge in [-0.2, -0.15) is 0 Å². The van der Waals surface area contributed by atoms with Crippen molar-refractivity contribution in [2.24, 2.45) is 5.92 Å². The summed E-state index contributed by atoms with van der Waals surface area (Å²) in [5.74, 6) is 0.638. The van der Waals surface area contributed by atoms with Crippen molar-refractivity contribution in [3.8, 4) is 0 Å². The highest BCUT2D eigenvalue weighted by atomic mass is 14.8. The smallest absolute Gasteiger partial charge is 0.0218 e. The van der Waals surface area contributed by atoms with Gasteiger partial charge in [0.05, 0.1) is 0 Å². The van der Waals surface area contributed by atoms with Crippen LogP contribution in [0.1, 0.15) is 26.7 Å². The van der Waals surface area contributed by atoms with E-state index in [1.165, 1.54) is 6.42 Å². The van der Waals surface area contributed by atoms with Crippen LogP contribution in [0, 0.1) is 5.92 Å². The van der Waals surface area contributed by atoms with Crippen LogP contribution in [0.25, 0.3) is 0 Å². The molecule has 1 nitrogen and oxygen atoms in total. The largest absolute Gasteiger partial charge is 0.314 e. The van der Waals surface area contributed by atoms with Gasteiger partial charge in [0.25, 0.3) is 0 Å². The minimum atomic E-state index is 0.490. The van der Waals surface area contributed by atoms with Gasteiger partial charge in [0.15, 0.2) is 0 Å². The first-order valence-corrected chi connectivity index (χ1v) is 4.67. The van der Waals surface area contributed by atoms with Crippen molar-refractivity contribution < 1.29 is 0 Å². The topological polar surface area (TPSA) is 12.0 Å². The Kier molecular flexibility index (Phi) is 6.78. The standard InChI is InChI=1S/C11H21N/c1-5-10(2)8-6-7-9-11(3)12-4/h5,7,9-12H,1,6,8H2,2-4H3/b9-7+. The van der Waals surface area contributed by atoms with Crippen LogP contribution in [0.3, 0.4) is 0 Å². The number of rotatable bonds is 6. The van der Waals surface area contributed by atoms with Gasteiger partial charge < -0.3 is 5.32 Å². The van der Waals surface area contributed by atoms with Gasteiger partial charge in [-0.15, -0.1) is 6.58 Å². The van der Waals surface area contributed by atoms with E-state index in [0.717, 1.165) is 6.42 Å². The molecule has 2 atom stereocenters. The minimum absolute atomic E-state index is 0.490. The Morgan fingerprint density at radius 1 is 1.42 bits per heavy atom. The fourth-order valence-electron chi connectivity index (χ4n) is 0.874. The second-order valence-corrected chi connectivity index (χ2v) is 3.30. The van der Waals surface area contributed by atoms with E-state index in [2.05, 4.69) is 37.9 Å². The van der Waals surface area contributed by atoms with Gasteiger partial charge in [-0.3, -0.25) is 0 Å². The first kappa shape index (κ1) is 11.4. The zero-order chi connectivity index (χ0) is 9.40. The molecule has 0 aliphatic carbocycles. The Labute approximate surface area is 76.6 Å². The molecular weight excluding hydrogens is 146 g/mol. The molecule has 0 fully saturated rings. The van der Waals surface area contributed by atoms with Gasteiger partial charge >= 0.3 is 0 Å². The molecule has 0 heterocycles. The summed E-state index contributed by atoms with van der Waals surface area (Å²) in [4.78, 5) is 0. The van der Waals surface area contributed by atoms with Crippen molar-refractivity contribution in [2.75, 3.05) is 7.05 Å². The summed E-state index contributed by atoms with van der Waals surface area (Å²) >= 11 is 0.